The molecular weight excluding hydrogens is 272 g/mol. The number of amides is 1. The van der Waals surface area contributed by atoms with E-state index in [2.05, 4.69) is 35.2 Å². The van der Waals surface area contributed by atoms with E-state index < -0.39 is 0 Å². The number of anilines is 2. The van der Waals surface area contributed by atoms with Crippen LogP contribution in [0.15, 0.2) is 48.5 Å². The van der Waals surface area contributed by atoms with Gasteiger partial charge in [0.25, 0.3) is 0 Å². The van der Waals surface area contributed by atoms with Gasteiger partial charge in [0.15, 0.2) is 0 Å². The van der Waals surface area contributed by atoms with Gasteiger partial charge in [-0.05, 0) is 42.7 Å². The van der Waals surface area contributed by atoms with Gasteiger partial charge in [-0.15, -0.1) is 0 Å². The summed E-state index contributed by atoms with van der Waals surface area (Å²) in [6.07, 6.45) is 0.764. The molecule has 2 aromatic carbocycles. The van der Waals surface area contributed by atoms with Gasteiger partial charge >= 0.3 is 0 Å². The first-order chi connectivity index (χ1) is 10.6. The first-order valence-electron chi connectivity index (χ1n) is 7.78. The summed E-state index contributed by atoms with van der Waals surface area (Å²) >= 11 is 0. The zero-order valence-corrected chi connectivity index (χ0v) is 13.4. The number of carbonyl (C=O) groups is 1. The van der Waals surface area contributed by atoms with Crippen molar-refractivity contribution in [2.45, 2.75) is 19.3 Å². The molecule has 1 amide bonds. The monoisotopic (exact) mass is 294 g/mol. The van der Waals surface area contributed by atoms with Crippen LogP contribution in [-0.4, -0.2) is 26.5 Å². The Bertz CT molecular complexity index is 676. The van der Waals surface area contributed by atoms with Crippen LogP contribution in [0.25, 0.3) is 0 Å². The Labute approximate surface area is 132 Å². The van der Waals surface area contributed by atoms with E-state index >= 15 is 0 Å². The van der Waals surface area contributed by atoms with Crippen LogP contribution >= 0.6 is 0 Å². The topological polar surface area (TPSA) is 23.6 Å². The van der Waals surface area contributed by atoms with Crippen LogP contribution in [0.1, 0.15) is 24.0 Å². The maximum absolute atomic E-state index is 12.7. The number of hydrogen-bond donors (Lipinski definition) is 0. The van der Waals surface area contributed by atoms with Gasteiger partial charge in [-0.2, -0.15) is 0 Å². The van der Waals surface area contributed by atoms with Gasteiger partial charge in [-0.3, -0.25) is 4.79 Å². The fraction of sp³-hybridized carbons (Fsp3) is 0.316. The van der Waals surface area contributed by atoms with Crippen LogP contribution in [0.3, 0.4) is 0 Å². The number of likely N-dealkylation sites (N-methyl/N-ethyl adjacent to an activating group) is 1. The van der Waals surface area contributed by atoms with Crippen molar-refractivity contribution >= 4 is 17.3 Å². The van der Waals surface area contributed by atoms with Crippen LogP contribution in [0.2, 0.25) is 0 Å². The van der Waals surface area contributed by atoms with Crippen LogP contribution in [-0.2, 0) is 11.2 Å². The van der Waals surface area contributed by atoms with Crippen molar-refractivity contribution in [3.63, 3.8) is 0 Å². The third-order valence-corrected chi connectivity index (χ3v) is 4.38. The second kappa shape index (κ2) is 5.84. The first kappa shape index (κ1) is 14.6. The van der Waals surface area contributed by atoms with E-state index in [1.807, 2.05) is 44.1 Å². The largest absolute Gasteiger partial charge is 0.378 e. The quantitative estimate of drug-likeness (QED) is 0.862. The highest BCUT2D eigenvalue weighted by Crippen LogP contribution is 2.38. The number of fused-ring (bicyclic) bond motifs is 1. The molecule has 3 heteroatoms. The molecule has 0 aromatic heterocycles. The number of benzene rings is 2. The lowest BCUT2D eigenvalue weighted by atomic mass is 9.93. The van der Waals surface area contributed by atoms with Gasteiger partial charge in [0.1, 0.15) is 0 Å². The molecule has 3 rings (SSSR count). The highest BCUT2D eigenvalue weighted by molar-refractivity contribution is 6.05. The molecule has 2 aromatic rings. The minimum Gasteiger partial charge on any atom is -0.378 e. The lowest BCUT2D eigenvalue weighted by Gasteiger charge is -2.16. The fourth-order valence-corrected chi connectivity index (χ4v) is 3.16. The van der Waals surface area contributed by atoms with Crippen molar-refractivity contribution in [3.8, 4) is 0 Å². The number of para-hydroxylation sites is 1. The SMILES string of the molecule is CCN1C(=O)C(Cc2ccc(N(C)C)cc2)c2ccccc21. The number of carbonyl (C=O) groups excluding carboxylic acids is 1. The van der Waals surface area contributed by atoms with Crippen molar-refractivity contribution in [3.05, 3.63) is 59.7 Å². The second-order valence-corrected chi connectivity index (χ2v) is 5.96. The van der Waals surface area contributed by atoms with Gasteiger partial charge in [0, 0.05) is 32.0 Å². The van der Waals surface area contributed by atoms with E-state index in [9.17, 15) is 4.79 Å². The standard InChI is InChI=1S/C19H22N2O/c1-4-21-18-8-6-5-7-16(18)17(19(21)22)13-14-9-11-15(12-10-14)20(2)3/h5-12,17H,4,13H2,1-3H3. The molecule has 0 fully saturated rings. The summed E-state index contributed by atoms with van der Waals surface area (Å²) in [5.74, 6) is 0.168. The van der Waals surface area contributed by atoms with Crippen molar-refractivity contribution in [1.29, 1.82) is 0 Å². The molecule has 1 heterocycles. The molecule has 0 radical (unpaired) electrons. The first-order valence-corrected chi connectivity index (χ1v) is 7.78. The molecule has 1 aliphatic rings. The summed E-state index contributed by atoms with van der Waals surface area (Å²) in [6, 6.07) is 16.6. The Morgan fingerprint density at radius 2 is 1.73 bits per heavy atom. The van der Waals surface area contributed by atoms with E-state index in [1.54, 1.807) is 0 Å². The van der Waals surface area contributed by atoms with E-state index in [4.69, 9.17) is 0 Å². The molecule has 0 spiro atoms. The average molecular weight is 294 g/mol. The zero-order chi connectivity index (χ0) is 15.7. The molecule has 1 unspecified atom stereocenters. The predicted molar refractivity (Wildman–Crippen MR) is 91.7 cm³/mol. The van der Waals surface area contributed by atoms with Crippen LogP contribution in [0.4, 0.5) is 11.4 Å². The Morgan fingerprint density at radius 3 is 2.36 bits per heavy atom. The normalized spacial score (nSPS) is 16.8. The van der Waals surface area contributed by atoms with Gasteiger partial charge in [0.05, 0.1) is 5.92 Å². The maximum atomic E-state index is 12.7. The Kier molecular flexibility index (Phi) is 3.88. The van der Waals surface area contributed by atoms with Crippen molar-refractivity contribution in [2.75, 3.05) is 30.4 Å². The summed E-state index contributed by atoms with van der Waals surface area (Å²) in [7, 11) is 4.07. The molecule has 0 bridgehead atoms. The summed E-state index contributed by atoms with van der Waals surface area (Å²) in [6.45, 7) is 2.76. The van der Waals surface area contributed by atoms with Crippen LogP contribution < -0.4 is 9.80 Å². The van der Waals surface area contributed by atoms with E-state index in [-0.39, 0.29) is 11.8 Å². The smallest absolute Gasteiger partial charge is 0.234 e. The third-order valence-electron chi connectivity index (χ3n) is 4.38. The third kappa shape index (κ3) is 2.47. The lowest BCUT2D eigenvalue weighted by Crippen LogP contribution is -2.29. The molecule has 0 N–H and O–H groups in total. The minimum atomic E-state index is -0.0543. The van der Waals surface area contributed by atoms with Crippen LogP contribution in [0, 0.1) is 0 Å². The number of hydrogen-bond acceptors (Lipinski definition) is 2. The lowest BCUT2D eigenvalue weighted by molar-refractivity contribution is -0.119. The number of nitrogens with zero attached hydrogens (tertiary/aromatic N) is 2. The van der Waals surface area contributed by atoms with E-state index in [1.165, 1.54) is 11.3 Å². The molecule has 22 heavy (non-hydrogen) atoms. The van der Waals surface area contributed by atoms with E-state index in [0.717, 1.165) is 24.2 Å². The van der Waals surface area contributed by atoms with Gasteiger partial charge < -0.3 is 9.80 Å². The highest BCUT2D eigenvalue weighted by Gasteiger charge is 2.35. The highest BCUT2D eigenvalue weighted by atomic mass is 16.2. The van der Waals surface area contributed by atoms with Crippen molar-refractivity contribution < 1.29 is 4.79 Å². The van der Waals surface area contributed by atoms with Crippen LogP contribution in [0.5, 0.6) is 0 Å². The number of rotatable bonds is 4. The zero-order valence-electron chi connectivity index (χ0n) is 13.4. The maximum Gasteiger partial charge on any atom is 0.234 e. The van der Waals surface area contributed by atoms with Gasteiger partial charge in [-0.25, -0.2) is 0 Å². The molecule has 1 aliphatic heterocycles. The van der Waals surface area contributed by atoms with E-state index in [0.29, 0.717) is 0 Å². The molecule has 3 nitrogen and oxygen atoms in total. The van der Waals surface area contributed by atoms with Gasteiger partial charge in [0.2, 0.25) is 5.91 Å². The molecule has 0 saturated carbocycles. The molecule has 1 atom stereocenters. The summed E-state index contributed by atoms with van der Waals surface area (Å²) in [5.41, 5.74) is 4.62. The van der Waals surface area contributed by atoms with Crippen molar-refractivity contribution in [2.24, 2.45) is 0 Å². The Morgan fingerprint density at radius 1 is 1.05 bits per heavy atom. The summed E-state index contributed by atoms with van der Waals surface area (Å²) < 4.78 is 0. The molecule has 0 aliphatic carbocycles. The fourth-order valence-electron chi connectivity index (χ4n) is 3.16. The van der Waals surface area contributed by atoms with Gasteiger partial charge in [-0.1, -0.05) is 30.3 Å². The summed E-state index contributed by atoms with van der Waals surface area (Å²) in [5, 5.41) is 0. The average Bonchev–Trinajstić information content (AvgIpc) is 2.80. The molecule has 114 valence electrons. The Balaban J connectivity index is 1.87. The van der Waals surface area contributed by atoms with Crippen molar-refractivity contribution in [1.82, 2.24) is 0 Å². The predicted octanol–water partition coefficient (Wildman–Crippen LogP) is 3.45. The summed E-state index contributed by atoms with van der Waals surface area (Å²) in [4.78, 5) is 16.7. The Hall–Kier alpha value is -2.29. The second-order valence-electron chi connectivity index (χ2n) is 5.96. The molecule has 0 saturated heterocycles. The molecular formula is C19H22N2O. The minimum absolute atomic E-state index is 0.0543.